The number of nitrogens with zero attached hydrogens (tertiary/aromatic N) is 3. The molecule has 0 spiro atoms. The Morgan fingerprint density at radius 2 is 0.776 bits per heavy atom. The summed E-state index contributed by atoms with van der Waals surface area (Å²) in [5.74, 6) is 0. The summed E-state index contributed by atoms with van der Waals surface area (Å²) in [6.45, 7) is 32.1. The van der Waals surface area contributed by atoms with Gasteiger partial charge >= 0.3 is 0 Å². The van der Waals surface area contributed by atoms with Gasteiger partial charge in [-0.25, -0.2) is 0 Å². The minimum Gasteiger partial charge on any atom is -1.00 e. The molecular formula is C42H67Br2Cl2N3. The zero-order valence-electron chi connectivity index (χ0n) is 31.4. The number of rotatable bonds is 18. The highest BCUT2D eigenvalue weighted by molar-refractivity contribution is 8.93. The van der Waals surface area contributed by atoms with Gasteiger partial charge in [0.15, 0.2) is 0 Å². The van der Waals surface area contributed by atoms with Crippen LogP contribution in [-0.2, 0) is 19.6 Å². The molecule has 0 heterocycles. The van der Waals surface area contributed by atoms with E-state index in [1.807, 2.05) is 18.2 Å². The molecule has 0 saturated carbocycles. The van der Waals surface area contributed by atoms with Gasteiger partial charge in [-0.1, -0.05) is 110 Å². The molecule has 0 aliphatic rings. The summed E-state index contributed by atoms with van der Waals surface area (Å²) in [4.78, 5) is 0. The van der Waals surface area contributed by atoms with Crippen LogP contribution in [-0.4, -0.2) is 73.4 Å². The fourth-order valence-corrected chi connectivity index (χ4v) is 5.85. The van der Waals surface area contributed by atoms with Crippen LogP contribution >= 0.6 is 17.0 Å². The molecule has 0 N–H and O–H groups in total. The Bertz CT molecular complexity index is 1120. The molecule has 0 radical (unpaired) electrons. The minimum atomic E-state index is 0. The van der Waals surface area contributed by atoms with E-state index in [2.05, 4.69) is 153 Å². The van der Waals surface area contributed by atoms with Gasteiger partial charge in [0.1, 0.15) is 19.6 Å². The van der Waals surface area contributed by atoms with Gasteiger partial charge in [0.05, 0.1) is 59.9 Å². The molecule has 3 aromatic rings. The lowest BCUT2D eigenvalue weighted by atomic mass is 10.1. The Kier molecular flexibility index (Phi) is 34.3. The first kappa shape index (κ1) is 54.1. The molecule has 3 nitrogen and oxygen atoms in total. The molecule has 7 heteroatoms. The van der Waals surface area contributed by atoms with Gasteiger partial charge in [0.25, 0.3) is 0 Å². The Labute approximate surface area is 335 Å². The van der Waals surface area contributed by atoms with E-state index >= 15 is 0 Å². The lowest BCUT2D eigenvalue weighted by Gasteiger charge is -2.36. The van der Waals surface area contributed by atoms with Crippen molar-refractivity contribution in [2.75, 3.05) is 59.9 Å². The van der Waals surface area contributed by atoms with Crippen LogP contribution in [0.15, 0.2) is 129 Å². The van der Waals surface area contributed by atoms with Crippen LogP contribution in [0.5, 0.6) is 0 Å². The molecule has 3 aromatic carbocycles. The normalized spacial score (nSPS) is 10.4. The van der Waals surface area contributed by atoms with Crippen molar-refractivity contribution in [2.24, 2.45) is 0 Å². The summed E-state index contributed by atoms with van der Waals surface area (Å²) in [6, 6.07) is 32.2. The predicted octanol–water partition coefficient (Wildman–Crippen LogP) is 1.28. The molecule has 0 fully saturated rings. The van der Waals surface area contributed by atoms with Crippen molar-refractivity contribution < 1.29 is 55.2 Å². The van der Waals surface area contributed by atoms with Crippen LogP contribution < -0.4 is 41.8 Å². The van der Waals surface area contributed by atoms with Crippen LogP contribution in [0.1, 0.15) is 57.2 Å². The van der Waals surface area contributed by atoms with Crippen LogP contribution in [0.3, 0.4) is 0 Å². The van der Waals surface area contributed by atoms with E-state index in [9.17, 15) is 0 Å². The van der Waals surface area contributed by atoms with Gasteiger partial charge in [0, 0.05) is 29.5 Å². The molecule has 0 aromatic heterocycles. The van der Waals surface area contributed by atoms with Crippen molar-refractivity contribution in [1.82, 2.24) is 0 Å². The minimum absolute atomic E-state index is 0. The molecule has 278 valence electrons. The second-order valence-electron chi connectivity index (χ2n) is 12.9. The predicted molar refractivity (Wildman–Crippen MR) is 210 cm³/mol. The second-order valence-corrected chi connectivity index (χ2v) is 12.9. The zero-order valence-corrected chi connectivity index (χ0v) is 36.2. The van der Waals surface area contributed by atoms with Gasteiger partial charge in [-0.3, -0.25) is 0 Å². The van der Waals surface area contributed by atoms with Gasteiger partial charge in [-0.15, -0.1) is 30.1 Å². The van der Waals surface area contributed by atoms with E-state index in [1.165, 1.54) is 56.0 Å². The number of hydrogen-bond donors (Lipinski definition) is 0. The Hall–Kier alpha value is -1.70. The summed E-state index contributed by atoms with van der Waals surface area (Å²) in [5, 5.41) is 0. The van der Waals surface area contributed by atoms with Crippen molar-refractivity contribution in [3.63, 3.8) is 0 Å². The SMILES string of the molecule is Br.C=CCC[N+](CC)(CC)Cc1ccccc1.C=CCC[N+](CC)(CC)Cc1ccccc1.C=CC[N+](C)(C)Cc1ccccc1.[Br-].[Cl-].[Cl-]. The molecule has 0 unspecified atom stereocenters. The Morgan fingerprint density at radius 1 is 0.490 bits per heavy atom. The first-order valence-corrected chi connectivity index (χ1v) is 17.1. The van der Waals surface area contributed by atoms with E-state index in [-0.39, 0.29) is 58.8 Å². The lowest BCUT2D eigenvalue weighted by Crippen LogP contribution is -3.00. The quantitative estimate of drug-likeness (QED) is 0.134. The highest BCUT2D eigenvalue weighted by Crippen LogP contribution is 2.16. The van der Waals surface area contributed by atoms with Gasteiger partial charge in [-0.2, -0.15) is 0 Å². The van der Waals surface area contributed by atoms with E-state index in [4.69, 9.17) is 0 Å². The van der Waals surface area contributed by atoms with Gasteiger partial charge < -0.3 is 55.2 Å². The highest BCUT2D eigenvalue weighted by atomic mass is 79.9. The van der Waals surface area contributed by atoms with Crippen molar-refractivity contribution in [3.8, 4) is 0 Å². The average Bonchev–Trinajstić information content (AvgIpc) is 3.07. The van der Waals surface area contributed by atoms with Crippen molar-refractivity contribution in [3.05, 3.63) is 146 Å². The lowest BCUT2D eigenvalue weighted by molar-refractivity contribution is -0.937. The molecule has 49 heavy (non-hydrogen) atoms. The number of halogens is 4. The van der Waals surface area contributed by atoms with Crippen molar-refractivity contribution >= 4 is 17.0 Å². The van der Waals surface area contributed by atoms with Crippen LogP contribution in [0.2, 0.25) is 0 Å². The molecule has 3 rings (SSSR count). The summed E-state index contributed by atoms with van der Waals surface area (Å²) < 4.78 is 3.29. The largest absolute Gasteiger partial charge is 1.00 e. The van der Waals surface area contributed by atoms with E-state index < -0.39 is 0 Å². The summed E-state index contributed by atoms with van der Waals surface area (Å²) in [7, 11) is 4.43. The first-order valence-electron chi connectivity index (χ1n) is 17.1. The fraction of sp³-hybridized carbons (Fsp3) is 0.429. The Balaban J connectivity index is -0.000000299. The smallest absolute Gasteiger partial charge is 0.104 e. The van der Waals surface area contributed by atoms with Crippen LogP contribution in [0.4, 0.5) is 0 Å². The highest BCUT2D eigenvalue weighted by Gasteiger charge is 2.23. The zero-order chi connectivity index (χ0) is 33.4. The third-order valence-corrected chi connectivity index (χ3v) is 9.10. The maximum Gasteiger partial charge on any atom is 0.104 e. The molecule has 0 aliphatic carbocycles. The molecule has 0 saturated heterocycles. The molecular weight excluding hydrogens is 777 g/mol. The number of likely N-dealkylation sites (N-methyl/N-ethyl adjacent to an activating group) is 1. The number of benzene rings is 3. The molecule has 0 amide bonds. The third-order valence-electron chi connectivity index (χ3n) is 9.10. The number of hydrogen-bond acceptors (Lipinski definition) is 0. The maximum atomic E-state index is 3.83. The van der Waals surface area contributed by atoms with Crippen LogP contribution in [0.25, 0.3) is 0 Å². The van der Waals surface area contributed by atoms with Crippen molar-refractivity contribution in [1.29, 1.82) is 0 Å². The van der Waals surface area contributed by atoms with Gasteiger partial charge in [-0.05, 0) is 33.8 Å². The van der Waals surface area contributed by atoms with E-state index in [0.29, 0.717) is 0 Å². The standard InChI is InChI=1S/2C15H24N.C12H18N.2BrH.2ClH/c2*1-4-7-13-16(5-2,6-3)14-15-11-9-8-10-12-15;1-4-10-13(2,3)11-12-8-6-5-7-9-12;;;;/h2*4,8-12H,1,5-7,13-14H2,2-3H3;4-9H,1,10-11H2,2-3H3;4*1H/q3*+1;;;;/p-3. The fourth-order valence-electron chi connectivity index (χ4n) is 5.85. The average molecular weight is 845 g/mol. The number of quaternary nitrogens is 3. The molecule has 0 bridgehead atoms. The molecule has 0 atom stereocenters. The first-order chi connectivity index (χ1) is 21.7. The van der Waals surface area contributed by atoms with Gasteiger partial charge in [0.2, 0.25) is 0 Å². The summed E-state index contributed by atoms with van der Waals surface area (Å²) >= 11 is 0. The monoisotopic (exact) mass is 841 g/mol. The van der Waals surface area contributed by atoms with Crippen LogP contribution in [0, 0.1) is 0 Å². The molecule has 0 aliphatic heterocycles. The Morgan fingerprint density at radius 3 is 1.02 bits per heavy atom. The maximum absolute atomic E-state index is 3.83. The van der Waals surface area contributed by atoms with E-state index in [1.54, 1.807) is 0 Å². The second kappa shape index (κ2) is 31.1. The van der Waals surface area contributed by atoms with Crippen molar-refractivity contribution in [2.45, 2.75) is 60.2 Å². The van der Waals surface area contributed by atoms with E-state index in [0.717, 1.165) is 52.5 Å². The third kappa shape index (κ3) is 22.7. The summed E-state index contributed by atoms with van der Waals surface area (Å²) in [6.07, 6.45) is 8.25. The summed E-state index contributed by atoms with van der Waals surface area (Å²) in [5.41, 5.74) is 4.26. The topological polar surface area (TPSA) is 0 Å².